The number of rotatable bonds is 6. The fourth-order valence-electron chi connectivity index (χ4n) is 2.01. The van der Waals surface area contributed by atoms with Gasteiger partial charge in [-0.15, -0.1) is 0 Å². The van der Waals surface area contributed by atoms with Crippen LogP contribution in [-0.2, 0) is 10.0 Å². The summed E-state index contributed by atoms with van der Waals surface area (Å²) < 4.78 is 36.1. The lowest BCUT2D eigenvalue weighted by Gasteiger charge is -2.10. The van der Waals surface area contributed by atoms with Crippen molar-refractivity contribution in [2.24, 2.45) is 0 Å². The van der Waals surface area contributed by atoms with Crippen molar-refractivity contribution in [2.75, 3.05) is 24.7 Å². The monoisotopic (exact) mass is 327 g/mol. The summed E-state index contributed by atoms with van der Waals surface area (Å²) in [6.07, 6.45) is 0. The highest BCUT2D eigenvalue weighted by atomic mass is 32.2. The molecule has 1 aromatic heterocycles. The van der Waals surface area contributed by atoms with E-state index in [0.29, 0.717) is 22.4 Å². The SMILES string of the molecule is CCS(=O)(=O)Nc1c(C(=O)[O-])[nH]c2cc(OC)c(OC)cc12. The number of carbonyl (C=O) groups is 1. The molecule has 0 atom stereocenters. The van der Waals surface area contributed by atoms with Gasteiger partial charge in [0.25, 0.3) is 0 Å². The third-order valence-electron chi connectivity index (χ3n) is 3.14. The topological polar surface area (TPSA) is 121 Å². The summed E-state index contributed by atoms with van der Waals surface area (Å²) in [4.78, 5) is 13.8. The third-order valence-corrected chi connectivity index (χ3v) is 4.42. The van der Waals surface area contributed by atoms with E-state index in [-0.39, 0.29) is 17.1 Å². The first-order valence-corrected chi connectivity index (χ1v) is 7.97. The van der Waals surface area contributed by atoms with Crippen LogP contribution < -0.4 is 19.3 Å². The van der Waals surface area contributed by atoms with E-state index in [4.69, 9.17) is 9.47 Å². The largest absolute Gasteiger partial charge is 0.543 e. The van der Waals surface area contributed by atoms with Crippen molar-refractivity contribution in [3.8, 4) is 11.5 Å². The van der Waals surface area contributed by atoms with Gasteiger partial charge in [0.05, 0.1) is 42.8 Å². The van der Waals surface area contributed by atoms with Gasteiger partial charge in [-0.2, -0.15) is 0 Å². The Balaban J connectivity index is 2.75. The number of H-pyrrole nitrogens is 1. The number of carboxylic acids is 1. The number of hydrogen-bond acceptors (Lipinski definition) is 6. The number of aromatic nitrogens is 1. The molecule has 0 unspecified atom stereocenters. The summed E-state index contributed by atoms with van der Waals surface area (Å²) in [7, 11) is -0.798. The van der Waals surface area contributed by atoms with E-state index in [1.807, 2.05) is 0 Å². The second-order valence-corrected chi connectivity index (χ2v) is 6.43. The molecule has 22 heavy (non-hydrogen) atoms. The van der Waals surface area contributed by atoms with Gasteiger partial charge >= 0.3 is 0 Å². The molecule has 0 aliphatic carbocycles. The predicted octanol–water partition coefficient (Wildman–Crippen LogP) is 0.310. The molecule has 0 aliphatic heterocycles. The van der Waals surface area contributed by atoms with Crippen LogP contribution >= 0.6 is 0 Å². The first-order chi connectivity index (χ1) is 10.3. The average molecular weight is 327 g/mol. The maximum atomic E-state index is 11.8. The van der Waals surface area contributed by atoms with E-state index < -0.39 is 16.0 Å². The minimum atomic E-state index is -3.66. The van der Waals surface area contributed by atoms with Crippen LogP contribution in [0.4, 0.5) is 5.69 Å². The van der Waals surface area contributed by atoms with Crippen molar-refractivity contribution in [1.29, 1.82) is 0 Å². The minimum Gasteiger partial charge on any atom is -0.543 e. The van der Waals surface area contributed by atoms with Crippen LogP contribution in [0.15, 0.2) is 12.1 Å². The molecule has 0 bridgehead atoms. The number of nitrogens with one attached hydrogen (secondary N) is 2. The lowest BCUT2D eigenvalue weighted by atomic mass is 10.2. The number of sulfonamides is 1. The lowest BCUT2D eigenvalue weighted by molar-refractivity contribution is -0.255. The van der Waals surface area contributed by atoms with Gasteiger partial charge < -0.3 is 24.4 Å². The zero-order chi connectivity index (χ0) is 16.5. The molecule has 0 fully saturated rings. The summed E-state index contributed by atoms with van der Waals surface area (Å²) >= 11 is 0. The third kappa shape index (κ3) is 2.80. The standard InChI is InChI=1S/C13H16N2O6S/c1-4-22(18,19)15-11-7-5-9(20-2)10(21-3)6-8(7)14-12(11)13(16)17/h5-6,14-15H,4H2,1-3H3,(H,16,17)/p-1. The number of fused-ring (bicyclic) bond motifs is 1. The number of aromatic amines is 1. The van der Waals surface area contributed by atoms with E-state index in [1.165, 1.54) is 33.3 Å². The van der Waals surface area contributed by atoms with Gasteiger partial charge in [-0.3, -0.25) is 4.72 Å². The number of methoxy groups -OCH3 is 2. The van der Waals surface area contributed by atoms with Gasteiger partial charge in [-0.25, -0.2) is 8.42 Å². The Kier molecular flexibility index (Phi) is 4.18. The van der Waals surface area contributed by atoms with Crippen LogP contribution in [0.25, 0.3) is 10.9 Å². The van der Waals surface area contributed by atoms with Crippen molar-refractivity contribution in [3.05, 3.63) is 17.8 Å². The molecule has 2 rings (SSSR count). The van der Waals surface area contributed by atoms with Crippen LogP contribution in [0.3, 0.4) is 0 Å². The summed E-state index contributed by atoms with van der Waals surface area (Å²) in [6, 6.07) is 3.01. The molecule has 0 amide bonds. The quantitative estimate of drug-likeness (QED) is 0.788. The molecule has 0 radical (unpaired) electrons. The zero-order valence-corrected chi connectivity index (χ0v) is 13.0. The van der Waals surface area contributed by atoms with Gasteiger partial charge in [0.1, 0.15) is 0 Å². The number of hydrogen-bond donors (Lipinski definition) is 2. The number of ether oxygens (including phenoxy) is 2. The van der Waals surface area contributed by atoms with Crippen LogP contribution in [0.2, 0.25) is 0 Å². The van der Waals surface area contributed by atoms with Crippen LogP contribution in [0.5, 0.6) is 11.5 Å². The Bertz CT molecular complexity index is 825. The smallest absolute Gasteiger partial charge is 0.232 e. The fraction of sp³-hybridized carbons (Fsp3) is 0.308. The number of aromatic carboxylic acids is 1. The molecule has 0 spiro atoms. The molecule has 120 valence electrons. The molecular weight excluding hydrogens is 312 g/mol. The Morgan fingerprint density at radius 3 is 2.36 bits per heavy atom. The molecule has 0 saturated carbocycles. The van der Waals surface area contributed by atoms with E-state index in [9.17, 15) is 18.3 Å². The number of benzene rings is 1. The van der Waals surface area contributed by atoms with Crippen molar-refractivity contribution >= 4 is 32.6 Å². The predicted molar refractivity (Wildman–Crippen MR) is 78.8 cm³/mol. The summed E-state index contributed by atoms with van der Waals surface area (Å²) in [6.45, 7) is 1.44. The molecule has 1 heterocycles. The average Bonchev–Trinajstić information content (AvgIpc) is 2.83. The maximum Gasteiger partial charge on any atom is 0.232 e. The highest BCUT2D eigenvalue weighted by Gasteiger charge is 2.19. The summed E-state index contributed by atoms with van der Waals surface area (Å²) in [5.41, 5.74) is -0.0641. The van der Waals surface area contributed by atoms with Gasteiger partial charge in [-0.05, 0) is 13.0 Å². The Hall–Kier alpha value is -2.42. The Morgan fingerprint density at radius 2 is 1.86 bits per heavy atom. The molecule has 0 saturated heterocycles. The summed E-state index contributed by atoms with van der Waals surface area (Å²) in [5.74, 6) is -0.996. The van der Waals surface area contributed by atoms with Gasteiger partial charge in [0.2, 0.25) is 10.0 Å². The first kappa shape index (κ1) is 16.0. The van der Waals surface area contributed by atoms with Crippen LogP contribution in [0.1, 0.15) is 17.4 Å². The highest BCUT2D eigenvalue weighted by molar-refractivity contribution is 7.92. The van der Waals surface area contributed by atoms with Crippen molar-refractivity contribution in [3.63, 3.8) is 0 Å². The molecule has 1 aromatic carbocycles. The second-order valence-electron chi connectivity index (χ2n) is 4.42. The minimum absolute atomic E-state index is 0.0854. The summed E-state index contributed by atoms with van der Waals surface area (Å²) in [5, 5.41) is 11.6. The maximum absolute atomic E-state index is 11.8. The van der Waals surface area contributed by atoms with Crippen molar-refractivity contribution in [2.45, 2.75) is 6.92 Å². The highest BCUT2D eigenvalue weighted by Crippen LogP contribution is 2.37. The number of anilines is 1. The van der Waals surface area contributed by atoms with Crippen LogP contribution in [-0.4, -0.2) is 39.3 Å². The second kappa shape index (κ2) is 5.76. The van der Waals surface area contributed by atoms with Gasteiger partial charge in [0.15, 0.2) is 11.5 Å². The van der Waals surface area contributed by atoms with Crippen LogP contribution in [0, 0.1) is 0 Å². The fourth-order valence-corrected chi connectivity index (χ4v) is 2.68. The zero-order valence-electron chi connectivity index (χ0n) is 12.2. The molecule has 8 nitrogen and oxygen atoms in total. The molecule has 2 N–H and O–H groups in total. The van der Waals surface area contributed by atoms with E-state index in [0.717, 1.165) is 0 Å². The van der Waals surface area contributed by atoms with E-state index in [1.54, 1.807) is 0 Å². The molecule has 9 heteroatoms. The Morgan fingerprint density at radius 1 is 1.27 bits per heavy atom. The van der Waals surface area contributed by atoms with Crippen molar-refractivity contribution in [1.82, 2.24) is 4.98 Å². The Labute approximate surface area is 127 Å². The number of carboxylic acid groups (broad SMARTS) is 1. The lowest BCUT2D eigenvalue weighted by Crippen LogP contribution is -2.25. The normalized spacial score (nSPS) is 11.4. The van der Waals surface area contributed by atoms with Gasteiger partial charge in [0, 0.05) is 11.5 Å². The molecular formula is C13H15N2O6S-. The van der Waals surface area contributed by atoms with E-state index in [2.05, 4.69) is 9.71 Å². The van der Waals surface area contributed by atoms with Crippen molar-refractivity contribution < 1.29 is 27.8 Å². The molecule has 2 aromatic rings. The molecule has 0 aliphatic rings. The first-order valence-electron chi connectivity index (χ1n) is 6.32. The number of carbonyl (C=O) groups excluding carboxylic acids is 1. The van der Waals surface area contributed by atoms with E-state index >= 15 is 0 Å². The van der Waals surface area contributed by atoms with Gasteiger partial charge in [-0.1, -0.05) is 0 Å².